The summed E-state index contributed by atoms with van der Waals surface area (Å²) in [5, 5.41) is 6.02. The predicted octanol–water partition coefficient (Wildman–Crippen LogP) is 4.25. The van der Waals surface area contributed by atoms with Crippen LogP contribution in [0.3, 0.4) is 0 Å². The fourth-order valence-corrected chi connectivity index (χ4v) is 4.29. The Morgan fingerprint density at radius 3 is 2.33 bits per heavy atom. The zero-order valence-electron chi connectivity index (χ0n) is 11.3. The molecule has 3 heteroatoms. The molecular weight excluding hydrogens is 371 g/mol. The smallest absolute Gasteiger partial charge is 0.143 e. The third kappa shape index (κ3) is 2.49. The molecule has 0 atom stereocenters. The highest BCUT2D eigenvalue weighted by Gasteiger charge is 2.13. The van der Waals surface area contributed by atoms with E-state index in [0.717, 1.165) is 5.84 Å². The number of halogens is 1. The Kier molecular flexibility index (Phi) is 3.27. The third-order valence-electron chi connectivity index (χ3n) is 3.49. The van der Waals surface area contributed by atoms with Gasteiger partial charge in [-0.05, 0) is 16.8 Å². The van der Waals surface area contributed by atoms with Crippen LogP contribution in [0.25, 0.3) is 10.8 Å². The van der Waals surface area contributed by atoms with Crippen molar-refractivity contribution in [3.8, 4) is 0 Å². The van der Waals surface area contributed by atoms with Crippen molar-refractivity contribution in [3.05, 3.63) is 83.9 Å². The molecule has 3 aromatic carbocycles. The van der Waals surface area contributed by atoms with E-state index in [1.807, 2.05) is 6.07 Å². The lowest BCUT2D eigenvalue weighted by molar-refractivity contribution is 1.39. The highest BCUT2D eigenvalue weighted by molar-refractivity contribution is 14.2. The largest absolute Gasteiger partial charge is 0.333 e. The Bertz CT molecular complexity index is 867. The number of benzene rings is 3. The first-order valence-electron chi connectivity index (χ1n) is 6.81. The van der Waals surface area contributed by atoms with Crippen molar-refractivity contribution in [2.24, 2.45) is 3.21 Å². The quantitative estimate of drug-likeness (QED) is 0.657. The molecule has 0 aromatic heterocycles. The Balaban J connectivity index is 1.63. The van der Waals surface area contributed by atoms with Gasteiger partial charge in [-0.1, -0.05) is 66.7 Å². The maximum atomic E-state index is 4.75. The molecule has 21 heavy (non-hydrogen) atoms. The summed E-state index contributed by atoms with van der Waals surface area (Å²) < 4.78 is 6.02. The molecule has 0 aliphatic carbocycles. The van der Waals surface area contributed by atoms with Crippen LogP contribution in [0.15, 0.2) is 76.0 Å². The van der Waals surface area contributed by atoms with Crippen molar-refractivity contribution in [2.45, 2.75) is 0 Å². The molecule has 1 heterocycles. The van der Waals surface area contributed by atoms with Gasteiger partial charge in [-0.15, -0.1) is 0 Å². The third-order valence-corrected chi connectivity index (χ3v) is 5.59. The van der Waals surface area contributed by atoms with Crippen LogP contribution < -0.4 is 5.32 Å². The van der Waals surface area contributed by atoms with Crippen molar-refractivity contribution in [2.75, 3.05) is 0 Å². The fraction of sp³-hybridized carbons (Fsp3) is 0. The highest BCUT2D eigenvalue weighted by atomic mass is 127. The molecule has 102 valence electrons. The average Bonchev–Trinajstić information content (AvgIpc) is 3.05. The van der Waals surface area contributed by atoms with E-state index in [9.17, 15) is 0 Å². The fourth-order valence-electron chi connectivity index (χ4n) is 2.39. The Morgan fingerprint density at radius 1 is 0.714 bits per heavy atom. The van der Waals surface area contributed by atoms with Crippen LogP contribution >= 0.6 is 21.0 Å². The maximum absolute atomic E-state index is 4.75. The molecule has 1 aliphatic heterocycles. The van der Waals surface area contributed by atoms with Gasteiger partial charge < -0.3 is 5.32 Å². The number of nitrogens with zero attached hydrogens (tertiary/aromatic N) is 1. The van der Waals surface area contributed by atoms with E-state index in [1.54, 1.807) is 0 Å². The lowest BCUT2D eigenvalue weighted by atomic mass is 10.1. The summed E-state index contributed by atoms with van der Waals surface area (Å²) >= 11 is -0.319. The van der Waals surface area contributed by atoms with Crippen LogP contribution in [0, 0.1) is 0 Å². The van der Waals surface area contributed by atoms with Gasteiger partial charge in [0.1, 0.15) is 5.84 Å². The van der Waals surface area contributed by atoms with Gasteiger partial charge >= 0.3 is 0 Å². The van der Waals surface area contributed by atoms with E-state index in [1.165, 1.54) is 25.5 Å². The average molecular weight is 384 g/mol. The molecule has 4 rings (SSSR count). The topological polar surface area (TPSA) is 24.4 Å². The summed E-state index contributed by atoms with van der Waals surface area (Å²) in [5.74, 6) is 1.01. The first-order chi connectivity index (χ1) is 10.4. The van der Waals surface area contributed by atoms with Crippen molar-refractivity contribution < 1.29 is 0 Å². The van der Waals surface area contributed by atoms with Crippen LogP contribution in [0.1, 0.15) is 11.1 Å². The molecule has 0 fully saturated rings. The van der Waals surface area contributed by atoms with Crippen molar-refractivity contribution >= 4 is 41.2 Å². The monoisotopic (exact) mass is 384 g/mol. The van der Waals surface area contributed by atoms with Gasteiger partial charge in [0.15, 0.2) is 0 Å². The standard InChI is InChI=1S/C18H13IN2/c1-2-7-14(8-3-1)17-19-21-18(20-17)16-11-10-13-6-4-5-9-15(13)12-16/h1-12H,(H,20,21). The van der Waals surface area contributed by atoms with Gasteiger partial charge in [-0.3, -0.25) is 0 Å². The molecule has 0 amide bonds. The van der Waals surface area contributed by atoms with Crippen LogP contribution in [0.5, 0.6) is 0 Å². The zero-order valence-corrected chi connectivity index (χ0v) is 13.4. The second-order valence-electron chi connectivity index (χ2n) is 4.88. The van der Waals surface area contributed by atoms with Gasteiger partial charge in [0, 0.05) is 11.1 Å². The molecule has 1 N–H and O–H groups in total. The van der Waals surface area contributed by atoms with E-state index < -0.39 is 0 Å². The van der Waals surface area contributed by atoms with E-state index >= 15 is 0 Å². The minimum atomic E-state index is -0.319. The van der Waals surface area contributed by atoms with Crippen LogP contribution in [-0.2, 0) is 0 Å². The Labute approximate surface area is 133 Å². The molecule has 0 unspecified atom stereocenters. The van der Waals surface area contributed by atoms with Crippen LogP contribution in [0.4, 0.5) is 0 Å². The molecule has 0 bridgehead atoms. The minimum absolute atomic E-state index is 0.319. The van der Waals surface area contributed by atoms with Gasteiger partial charge in [0.2, 0.25) is 0 Å². The molecular formula is C18H13IN2. The number of hydrogen-bond donors (Lipinski definition) is 1. The van der Waals surface area contributed by atoms with E-state index in [0.29, 0.717) is 0 Å². The molecule has 0 saturated carbocycles. The van der Waals surface area contributed by atoms with Gasteiger partial charge in [0.25, 0.3) is 0 Å². The Morgan fingerprint density at radius 2 is 1.48 bits per heavy atom. The normalized spacial score (nSPS) is 14.1. The second-order valence-corrected chi connectivity index (χ2v) is 6.93. The molecule has 1 aliphatic rings. The summed E-state index contributed by atoms with van der Waals surface area (Å²) in [5.41, 5.74) is 2.42. The second kappa shape index (κ2) is 5.41. The minimum Gasteiger partial charge on any atom is -0.333 e. The first kappa shape index (κ1) is 12.7. The molecule has 3 aromatic rings. The van der Waals surface area contributed by atoms with Crippen molar-refractivity contribution in [1.29, 1.82) is 0 Å². The molecule has 0 spiro atoms. The first-order valence-corrected chi connectivity index (χ1v) is 8.85. The molecule has 0 saturated heterocycles. The maximum Gasteiger partial charge on any atom is 0.143 e. The van der Waals surface area contributed by atoms with Gasteiger partial charge in [-0.2, -0.15) is 0 Å². The van der Waals surface area contributed by atoms with E-state index in [-0.39, 0.29) is 21.0 Å². The Hall–Kier alpha value is -2.01. The van der Waals surface area contributed by atoms with E-state index in [4.69, 9.17) is 3.21 Å². The number of fused-ring (bicyclic) bond motifs is 1. The lowest BCUT2D eigenvalue weighted by Gasteiger charge is -2.07. The van der Waals surface area contributed by atoms with Crippen molar-refractivity contribution in [3.63, 3.8) is 0 Å². The molecule has 0 radical (unpaired) electrons. The SMILES string of the molecule is c1ccc(C2=IN=C(c3ccc4ccccc4c3)N2)cc1. The summed E-state index contributed by atoms with van der Waals surface area (Å²) in [6.45, 7) is 0. The van der Waals surface area contributed by atoms with Crippen LogP contribution in [-0.4, -0.2) is 9.47 Å². The highest BCUT2D eigenvalue weighted by Crippen LogP contribution is 2.21. The number of nitrogens with one attached hydrogen (secondary N) is 1. The number of amidine groups is 1. The lowest BCUT2D eigenvalue weighted by Crippen LogP contribution is -2.27. The van der Waals surface area contributed by atoms with Crippen molar-refractivity contribution in [1.82, 2.24) is 5.32 Å². The molecule has 2 nitrogen and oxygen atoms in total. The number of rotatable bonds is 2. The van der Waals surface area contributed by atoms with Gasteiger partial charge in [-0.25, -0.2) is 3.21 Å². The predicted molar refractivity (Wildman–Crippen MR) is 98.2 cm³/mol. The summed E-state index contributed by atoms with van der Waals surface area (Å²) in [6.07, 6.45) is 0. The van der Waals surface area contributed by atoms with Gasteiger partial charge in [0.05, 0.1) is 24.6 Å². The van der Waals surface area contributed by atoms with E-state index in [2.05, 4.69) is 72.0 Å². The summed E-state index contributed by atoms with van der Waals surface area (Å²) in [4.78, 5) is 0. The summed E-state index contributed by atoms with van der Waals surface area (Å²) in [7, 11) is 0. The number of hydrogen-bond acceptors (Lipinski definition) is 2. The summed E-state index contributed by atoms with van der Waals surface area (Å²) in [6, 6.07) is 25.4. The zero-order chi connectivity index (χ0) is 14.1. The van der Waals surface area contributed by atoms with Crippen LogP contribution in [0.2, 0.25) is 0 Å².